The predicted octanol–water partition coefficient (Wildman–Crippen LogP) is 18.6. The second-order valence-corrected chi connectivity index (χ2v) is 20.7. The largest absolute Gasteiger partial charge is 0.466 e. The van der Waals surface area contributed by atoms with Gasteiger partial charge in [0.2, 0.25) is 5.91 Å². The van der Waals surface area contributed by atoms with E-state index in [1.807, 2.05) is 6.08 Å². The SMILES string of the molecule is CCCCCCCCCCCCCCCCCCC/C=C/C(O)C(CO)NC(=O)CCCCCCC/C=C\CCCCCCCCCOC(=O)CCCCCCCCCCCCCCCCC. The summed E-state index contributed by atoms with van der Waals surface area (Å²) in [5, 5.41) is 23.2. The fourth-order valence-corrected chi connectivity index (χ4v) is 9.34. The Morgan fingerprint density at radius 3 is 1.06 bits per heavy atom. The van der Waals surface area contributed by atoms with Crippen molar-refractivity contribution < 1.29 is 24.5 Å². The van der Waals surface area contributed by atoms with Crippen LogP contribution in [0.15, 0.2) is 24.3 Å². The zero-order valence-electron chi connectivity index (χ0n) is 45.1. The van der Waals surface area contributed by atoms with Crippen molar-refractivity contribution in [2.24, 2.45) is 0 Å². The molecule has 1 amide bonds. The van der Waals surface area contributed by atoms with Crippen molar-refractivity contribution in [1.29, 1.82) is 0 Å². The normalized spacial score (nSPS) is 12.7. The Balaban J connectivity index is 3.48. The molecular weight excluding hydrogens is 827 g/mol. The van der Waals surface area contributed by atoms with Crippen molar-refractivity contribution in [3.63, 3.8) is 0 Å². The van der Waals surface area contributed by atoms with Crippen LogP contribution in [0.2, 0.25) is 0 Å². The highest BCUT2D eigenvalue weighted by Crippen LogP contribution is 2.17. The quantitative estimate of drug-likeness (QED) is 0.0321. The van der Waals surface area contributed by atoms with E-state index in [4.69, 9.17) is 4.74 Å². The van der Waals surface area contributed by atoms with E-state index in [2.05, 4.69) is 31.3 Å². The molecule has 0 heterocycles. The standard InChI is InChI=1S/C61H117NO5/c1-3-5-7-9-11-13-15-17-19-20-21-22-26-29-33-37-41-45-49-53-59(64)58(57-63)62-60(65)54-50-46-42-38-34-30-27-23-24-28-32-36-40-44-48-52-56-67-61(66)55-51-47-43-39-35-31-25-18-16-14-12-10-8-6-4-2/h23,27,49,53,58-59,63-64H,3-22,24-26,28-48,50-52,54-57H2,1-2H3,(H,62,65)/b27-23-,53-49+. The highest BCUT2D eigenvalue weighted by Gasteiger charge is 2.18. The van der Waals surface area contributed by atoms with Gasteiger partial charge in [-0.15, -0.1) is 0 Å². The van der Waals surface area contributed by atoms with Crippen LogP contribution < -0.4 is 5.32 Å². The van der Waals surface area contributed by atoms with Crippen LogP contribution in [-0.4, -0.2) is 47.4 Å². The Hall–Kier alpha value is -1.66. The van der Waals surface area contributed by atoms with Gasteiger partial charge >= 0.3 is 5.97 Å². The number of aliphatic hydroxyl groups excluding tert-OH is 2. The van der Waals surface area contributed by atoms with E-state index in [0.717, 1.165) is 64.2 Å². The molecule has 0 aromatic heterocycles. The summed E-state index contributed by atoms with van der Waals surface area (Å²) in [7, 11) is 0. The summed E-state index contributed by atoms with van der Waals surface area (Å²) in [5.74, 6) is -0.0830. The Labute approximate surface area is 418 Å². The van der Waals surface area contributed by atoms with Crippen LogP contribution in [0.3, 0.4) is 0 Å². The Kier molecular flexibility index (Phi) is 55.5. The Morgan fingerprint density at radius 1 is 0.403 bits per heavy atom. The van der Waals surface area contributed by atoms with Crippen LogP contribution in [0.5, 0.6) is 0 Å². The van der Waals surface area contributed by atoms with Crippen LogP contribution in [0.4, 0.5) is 0 Å². The monoisotopic (exact) mass is 944 g/mol. The molecule has 0 aliphatic rings. The molecule has 0 aromatic carbocycles. The number of esters is 1. The Bertz CT molecular complexity index is 1040. The number of rotatable bonds is 56. The van der Waals surface area contributed by atoms with Crippen LogP contribution in [0.1, 0.15) is 328 Å². The molecule has 67 heavy (non-hydrogen) atoms. The molecule has 0 radical (unpaired) electrons. The second kappa shape index (κ2) is 56.9. The van der Waals surface area contributed by atoms with Gasteiger partial charge < -0.3 is 20.3 Å². The number of nitrogens with one attached hydrogen (secondary N) is 1. The zero-order chi connectivity index (χ0) is 48.6. The maximum Gasteiger partial charge on any atom is 0.305 e. The van der Waals surface area contributed by atoms with Gasteiger partial charge in [0.1, 0.15) is 0 Å². The van der Waals surface area contributed by atoms with Gasteiger partial charge in [-0.3, -0.25) is 9.59 Å². The first-order valence-electron chi connectivity index (χ1n) is 30.1. The van der Waals surface area contributed by atoms with Crippen LogP contribution >= 0.6 is 0 Å². The number of aliphatic hydroxyl groups is 2. The molecular formula is C61H117NO5. The van der Waals surface area contributed by atoms with E-state index in [1.165, 1.54) is 238 Å². The molecule has 0 saturated carbocycles. The third-order valence-electron chi connectivity index (χ3n) is 14.0. The molecule has 6 heteroatoms. The van der Waals surface area contributed by atoms with Gasteiger partial charge in [-0.05, 0) is 57.8 Å². The molecule has 0 fully saturated rings. The lowest BCUT2D eigenvalue weighted by atomic mass is 10.0. The molecule has 0 aliphatic heterocycles. The highest BCUT2D eigenvalue weighted by atomic mass is 16.5. The third kappa shape index (κ3) is 53.5. The van der Waals surface area contributed by atoms with Crippen LogP contribution in [0.25, 0.3) is 0 Å². The second-order valence-electron chi connectivity index (χ2n) is 20.7. The third-order valence-corrected chi connectivity index (χ3v) is 14.0. The van der Waals surface area contributed by atoms with E-state index in [1.54, 1.807) is 6.08 Å². The number of carbonyl (C=O) groups is 2. The molecule has 0 bridgehead atoms. The number of carbonyl (C=O) groups excluding carboxylic acids is 2. The summed E-state index contributed by atoms with van der Waals surface area (Å²) in [5.41, 5.74) is 0. The van der Waals surface area contributed by atoms with E-state index in [-0.39, 0.29) is 18.5 Å². The van der Waals surface area contributed by atoms with Crippen molar-refractivity contribution in [3.8, 4) is 0 Å². The van der Waals surface area contributed by atoms with E-state index >= 15 is 0 Å². The summed E-state index contributed by atoms with van der Waals surface area (Å²) in [6.07, 6.45) is 69.2. The smallest absolute Gasteiger partial charge is 0.305 e. The molecule has 0 saturated heterocycles. The first-order valence-corrected chi connectivity index (χ1v) is 30.1. The summed E-state index contributed by atoms with van der Waals surface area (Å²) in [4.78, 5) is 24.5. The fraction of sp³-hybridized carbons (Fsp3) is 0.902. The average molecular weight is 945 g/mol. The summed E-state index contributed by atoms with van der Waals surface area (Å²) in [6, 6.07) is -0.640. The maximum absolute atomic E-state index is 12.5. The molecule has 6 nitrogen and oxygen atoms in total. The maximum atomic E-state index is 12.5. The lowest BCUT2D eigenvalue weighted by Gasteiger charge is -2.20. The van der Waals surface area contributed by atoms with Gasteiger partial charge in [-0.1, -0.05) is 282 Å². The van der Waals surface area contributed by atoms with E-state index < -0.39 is 12.1 Å². The van der Waals surface area contributed by atoms with Crippen molar-refractivity contribution in [2.75, 3.05) is 13.2 Å². The van der Waals surface area contributed by atoms with Crippen LogP contribution in [-0.2, 0) is 14.3 Å². The molecule has 2 atom stereocenters. The number of hydrogen-bond acceptors (Lipinski definition) is 5. The van der Waals surface area contributed by atoms with Gasteiger partial charge in [0.25, 0.3) is 0 Å². The molecule has 0 rings (SSSR count). The molecule has 396 valence electrons. The van der Waals surface area contributed by atoms with Gasteiger partial charge in [-0.25, -0.2) is 0 Å². The minimum absolute atomic E-state index is 0.000555. The first kappa shape index (κ1) is 65.3. The summed E-state index contributed by atoms with van der Waals surface area (Å²) < 4.78 is 5.48. The van der Waals surface area contributed by atoms with Crippen LogP contribution in [0, 0.1) is 0 Å². The molecule has 2 unspecified atom stereocenters. The number of amides is 1. The Morgan fingerprint density at radius 2 is 0.701 bits per heavy atom. The molecule has 3 N–H and O–H groups in total. The van der Waals surface area contributed by atoms with Gasteiger partial charge in [0.15, 0.2) is 0 Å². The zero-order valence-corrected chi connectivity index (χ0v) is 45.1. The summed E-state index contributed by atoms with van der Waals surface area (Å²) in [6.45, 7) is 4.90. The van der Waals surface area contributed by atoms with Crippen molar-refractivity contribution >= 4 is 11.9 Å². The van der Waals surface area contributed by atoms with Gasteiger partial charge in [0.05, 0.1) is 25.4 Å². The van der Waals surface area contributed by atoms with Crippen molar-refractivity contribution in [3.05, 3.63) is 24.3 Å². The first-order chi connectivity index (χ1) is 33.0. The topological polar surface area (TPSA) is 95.9 Å². The summed E-state index contributed by atoms with van der Waals surface area (Å²) >= 11 is 0. The van der Waals surface area contributed by atoms with Crippen molar-refractivity contribution in [2.45, 2.75) is 341 Å². The minimum Gasteiger partial charge on any atom is -0.466 e. The lowest BCUT2D eigenvalue weighted by Crippen LogP contribution is -2.45. The fourth-order valence-electron chi connectivity index (χ4n) is 9.34. The number of unbranched alkanes of at least 4 members (excludes halogenated alkanes) is 43. The predicted molar refractivity (Wildman–Crippen MR) is 292 cm³/mol. The molecule has 0 aromatic rings. The van der Waals surface area contributed by atoms with Gasteiger partial charge in [-0.2, -0.15) is 0 Å². The lowest BCUT2D eigenvalue weighted by molar-refractivity contribution is -0.143. The minimum atomic E-state index is -0.855. The average Bonchev–Trinajstić information content (AvgIpc) is 3.33. The van der Waals surface area contributed by atoms with E-state index in [0.29, 0.717) is 19.4 Å². The molecule has 0 aliphatic carbocycles. The number of allylic oxidation sites excluding steroid dienone is 3. The molecule has 0 spiro atoms. The van der Waals surface area contributed by atoms with E-state index in [9.17, 15) is 19.8 Å². The number of hydrogen-bond donors (Lipinski definition) is 3. The van der Waals surface area contributed by atoms with Crippen molar-refractivity contribution in [1.82, 2.24) is 5.32 Å². The highest BCUT2D eigenvalue weighted by molar-refractivity contribution is 5.76. The number of ether oxygens (including phenoxy) is 1. The van der Waals surface area contributed by atoms with Gasteiger partial charge in [0, 0.05) is 12.8 Å².